The van der Waals surface area contributed by atoms with Gasteiger partial charge >= 0.3 is 23.1 Å². The quantitative estimate of drug-likeness (QED) is 0.536. The van der Waals surface area contributed by atoms with Crippen LogP contribution in [-0.4, -0.2) is 36.3 Å². The summed E-state index contributed by atoms with van der Waals surface area (Å²) in [4.78, 5) is 0. The molecule has 1 aromatic carbocycles. The molecule has 1 aromatic rings. The van der Waals surface area contributed by atoms with E-state index in [0.717, 1.165) is 11.5 Å². The number of ether oxygens (including phenoxy) is 2. The van der Waals surface area contributed by atoms with E-state index in [1.165, 1.54) is 0 Å². The van der Waals surface area contributed by atoms with Crippen molar-refractivity contribution < 1.29 is 12.3 Å². The van der Waals surface area contributed by atoms with Crippen LogP contribution in [0.3, 0.4) is 0 Å². The predicted molar refractivity (Wildman–Crippen MR) is 45.4 cm³/mol. The van der Waals surface area contributed by atoms with Gasteiger partial charge in [0, 0.05) is 0 Å². The van der Waals surface area contributed by atoms with E-state index in [1.807, 2.05) is 24.3 Å². The van der Waals surface area contributed by atoms with Crippen LogP contribution in [0.25, 0.3) is 0 Å². The van der Waals surface area contributed by atoms with Gasteiger partial charge in [0.25, 0.3) is 0 Å². The SMILES string of the molecule is [H-].[H-].[Mg+2].c1ccc2c(c1)OCCO2. The minimum Gasteiger partial charge on any atom is -1.00 e. The van der Waals surface area contributed by atoms with Crippen LogP contribution in [0.15, 0.2) is 24.3 Å². The van der Waals surface area contributed by atoms with Gasteiger partial charge in [0.2, 0.25) is 0 Å². The molecule has 0 fully saturated rings. The number of rotatable bonds is 0. The fraction of sp³-hybridized carbons (Fsp3) is 0.250. The molecule has 11 heavy (non-hydrogen) atoms. The summed E-state index contributed by atoms with van der Waals surface area (Å²) in [5.74, 6) is 1.71. The standard InChI is InChI=1S/C8H8O2.Mg.2H/c1-2-4-8-7(3-1)9-5-6-10-8;;;/h1-4H,5-6H2;;;/q;+2;2*-1. The van der Waals surface area contributed by atoms with E-state index in [4.69, 9.17) is 9.47 Å². The summed E-state index contributed by atoms with van der Waals surface area (Å²) >= 11 is 0. The van der Waals surface area contributed by atoms with E-state index in [1.54, 1.807) is 0 Å². The van der Waals surface area contributed by atoms with Crippen LogP contribution in [0.4, 0.5) is 0 Å². The average Bonchev–Trinajstić information content (AvgIpc) is 2.05. The summed E-state index contributed by atoms with van der Waals surface area (Å²) in [7, 11) is 0. The zero-order chi connectivity index (χ0) is 6.81. The molecule has 2 nitrogen and oxygen atoms in total. The molecule has 0 radical (unpaired) electrons. The van der Waals surface area contributed by atoms with Crippen LogP contribution < -0.4 is 9.47 Å². The Bertz CT molecular complexity index is 220. The van der Waals surface area contributed by atoms with Crippen LogP contribution in [0.1, 0.15) is 2.85 Å². The number of hydrogen-bond acceptors (Lipinski definition) is 2. The average molecular weight is 162 g/mol. The van der Waals surface area contributed by atoms with Crippen LogP contribution in [0.5, 0.6) is 11.5 Å². The van der Waals surface area contributed by atoms with Crippen molar-refractivity contribution in [2.24, 2.45) is 0 Å². The fourth-order valence-electron chi connectivity index (χ4n) is 0.992. The Morgan fingerprint density at radius 2 is 1.45 bits per heavy atom. The van der Waals surface area contributed by atoms with Crippen LogP contribution in [0, 0.1) is 0 Å². The van der Waals surface area contributed by atoms with Crippen molar-refractivity contribution in [3.05, 3.63) is 24.3 Å². The van der Waals surface area contributed by atoms with Gasteiger partial charge in [-0.15, -0.1) is 0 Å². The molecule has 0 aromatic heterocycles. The van der Waals surface area contributed by atoms with Crippen LogP contribution >= 0.6 is 0 Å². The molecule has 0 saturated heterocycles. The van der Waals surface area contributed by atoms with Gasteiger partial charge in [-0.2, -0.15) is 0 Å². The molecule has 0 amide bonds. The van der Waals surface area contributed by atoms with E-state index in [9.17, 15) is 0 Å². The molecule has 56 valence electrons. The van der Waals surface area contributed by atoms with Gasteiger partial charge in [-0.05, 0) is 12.1 Å². The van der Waals surface area contributed by atoms with Gasteiger partial charge in [0.15, 0.2) is 11.5 Å². The second kappa shape index (κ2) is 3.83. The zero-order valence-corrected chi connectivity index (χ0v) is 7.66. The summed E-state index contributed by atoms with van der Waals surface area (Å²) in [5.41, 5.74) is 0. The first-order chi connectivity index (χ1) is 4.97. The van der Waals surface area contributed by atoms with Crippen molar-refractivity contribution in [2.75, 3.05) is 13.2 Å². The summed E-state index contributed by atoms with van der Waals surface area (Å²) in [5, 5.41) is 0. The van der Waals surface area contributed by atoms with Gasteiger partial charge in [-0.3, -0.25) is 0 Å². The maximum absolute atomic E-state index is 5.30. The zero-order valence-electron chi connectivity index (χ0n) is 8.25. The molecule has 0 aliphatic carbocycles. The molecule has 3 heteroatoms. The molecule has 1 aliphatic heterocycles. The Balaban J connectivity index is 0. The smallest absolute Gasteiger partial charge is 1.00 e. The third-order valence-electron chi connectivity index (χ3n) is 1.45. The Hall–Kier alpha value is -0.414. The van der Waals surface area contributed by atoms with Gasteiger partial charge in [0.05, 0.1) is 0 Å². The van der Waals surface area contributed by atoms with Crippen molar-refractivity contribution in [3.63, 3.8) is 0 Å². The van der Waals surface area contributed by atoms with Crippen molar-refractivity contribution in [1.82, 2.24) is 0 Å². The van der Waals surface area contributed by atoms with Crippen molar-refractivity contribution >= 4 is 23.1 Å². The molecule has 0 N–H and O–H groups in total. The Kier molecular flexibility index (Phi) is 3.02. The topological polar surface area (TPSA) is 18.5 Å². The minimum absolute atomic E-state index is 0. The predicted octanol–water partition coefficient (Wildman–Crippen LogP) is 1.30. The van der Waals surface area contributed by atoms with E-state index in [-0.39, 0.29) is 25.9 Å². The second-order valence-electron chi connectivity index (χ2n) is 2.14. The van der Waals surface area contributed by atoms with Gasteiger partial charge in [0.1, 0.15) is 13.2 Å². The number of para-hydroxylation sites is 2. The number of fused-ring (bicyclic) bond motifs is 1. The molecule has 0 saturated carbocycles. The molecular formula is C8H10MgO2. The Morgan fingerprint density at radius 1 is 1.00 bits per heavy atom. The van der Waals surface area contributed by atoms with Gasteiger partial charge < -0.3 is 12.3 Å². The van der Waals surface area contributed by atoms with Gasteiger partial charge in [-0.25, -0.2) is 0 Å². The summed E-state index contributed by atoms with van der Waals surface area (Å²) in [6.45, 7) is 1.33. The second-order valence-corrected chi connectivity index (χ2v) is 2.14. The van der Waals surface area contributed by atoms with Crippen molar-refractivity contribution in [1.29, 1.82) is 0 Å². The van der Waals surface area contributed by atoms with Crippen molar-refractivity contribution in [3.8, 4) is 11.5 Å². The fourth-order valence-corrected chi connectivity index (χ4v) is 0.992. The molecule has 0 bridgehead atoms. The monoisotopic (exact) mass is 162 g/mol. The number of benzene rings is 1. The first-order valence-corrected chi connectivity index (χ1v) is 3.31. The van der Waals surface area contributed by atoms with Crippen molar-refractivity contribution in [2.45, 2.75) is 0 Å². The summed E-state index contributed by atoms with van der Waals surface area (Å²) in [6, 6.07) is 7.70. The van der Waals surface area contributed by atoms with Gasteiger partial charge in [-0.1, -0.05) is 12.1 Å². The maximum Gasteiger partial charge on any atom is 2.00 e. The van der Waals surface area contributed by atoms with E-state index in [2.05, 4.69) is 0 Å². The molecule has 0 unspecified atom stereocenters. The normalized spacial score (nSPS) is 13.5. The molecular weight excluding hydrogens is 152 g/mol. The Morgan fingerprint density at radius 3 is 1.91 bits per heavy atom. The summed E-state index contributed by atoms with van der Waals surface area (Å²) in [6.07, 6.45) is 0. The first kappa shape index (κ1) is 8.68. The third kappa shape index (κ3) is 1.78. The van der Waals surface area contributed by atoms with E-state index < -0.39 is 0 Å². The maximum atomic E-state index is 5.30. The molecule has 0 atom stereocenters. The summed E-state index contributed by atoms with van der Waals surface area (Å²) < 4.78 is 10.6. The molecule has 0 spiro atoms. The van der Waals surface area contributed by atoms with Crippen LogP contribution in [0.2, 0.25) is 0 Å². The van der Waals surface area contributed by atoms with E-state index >= 15 is 0 Å². The first-order valence-electron chi connectivity index (χ1n) is 3.31. The van der Waals surface area contributed by atoms with Crippen LogP contribution in [-0.2, 0) is 0 Å². The largest absolute Gasteiger partial charge is 2.00 e. The molecule has 1 heterocycles. The molecule has 2 rings (SSSR count). The minimum atomic E-state index is 0. The third-order valence-corrected chi connectivity index (χ3v) is 1.45. The molecule has 1 aliphatic rings. The van der Waals surface area contributed by atoms with E-state index in [0.29, 0.717) is 13.2 Å². The Labute approximate surface area is 84.6 Å². The number of hydrogen-bond donors (Lipinski definition) is 0.